The van der Waals surface area contributed by atoms with Crippen LogP contribution in [0, 0.1) is 0 Å². The number of nitrogens with two attached hydrogens (primary N) is 3. The van der Waals surface area contributed by atoms with Gasteiger partial charge < -0.3 is 95.2 Å². The Labute approximate surface area is 643 Å². The number of nitrogens with one attached hydrogen (secondary N) is 15. The smallest absolute Gasteiger partial charge is 0.257 e. The molecule has 35 heteroatoms. The fourth-order valence-corrected chi connectivity index (χ4v) is 16.2. The molecule has 12 atom stereocenters. The number of piperidine rings is 1. The summed E-state index contributed by atoms with van der Waals surface area (Å²) in [5.74, 6) is -9.97. The summed E-state index contributed by atoms with van der Waals surface area (Å²) in [6.45, 7) is 1.93. The number of fused-ring (bicyclic) bond motifs is 7. The second-order valence-corrected chi connectivity index (χ2v) is 30.4. The van der Waals surface area contributed by atoms with Gasteiger partial charge >= 0.3 is 0 Å². The summed E-state index contributed by atoms with van der Waals surface area (Å²) in [4.78, 5) is 205. The van der Waals surface area contributed by atoms with Crippen molar-refractivity contribution in [2.24, 2.45) is 17.2 Å². The molecule has 33 nitrogen and oxygen atoms in total. The number of carbonyl (C=O) groups excluding carboxylic acids is 12. The van der Waals surface area contributed by atoms with Crippen molar-refractivity contribution < 1.29 is 57.5 Å². The number of hydrogen-bond acceptors (Lipinski definition) is 20. The van der Waals surface area contributed by atoms with Crippen molar-refractivity contribution in [1.29, 1.82) is 0 Å². The summed E-state index contributed by atoms with van der Waals surface area (Å²) in [5, 5.41) is 31.2. The van der Waals surface area contributed by atoms with E-state index >= 15 is 43.2 Å². The molecule has 11 amide bonds. The molecule has 3 aliphatic heterocycles. The lowest BCUT2D eigenvalue weighted by molar-refractivity contribution is -0.144. The van der Waals surface area contributed by atoms with Gasteiger partial charge in [-0.3, -0.25) is 62.9 Å². The van der Waals surface area contributed by atoms with E-state index in [1.54, 1.807) is 54.9 Å². The van der Waals surface area contributed by atoms with Crippen LogP contribution in [0.15, 0.2) is 116 Å². The Hall–Kier alpha value is -10.5. The molecule has 7 heterocycles. The second-order valence-electron chi connectivity index (χ2n) is 27.9. The highest BCUT2D eigenvalue weighted by molar-refractivity contribution is 8.77. The van der Waals surface area contributed by atoms with Crippen LogP contribution in [0.3, 0.4) is 0 Å². The molecule has 3 fully saturated rings. The van der Waals surface area contributed by atoms with Gasteiger partial charge in [-0.25, -0.2) is 9.97 Å². The van der Waals surface area contributed by atoms with Crippen molar-refractivity contribution in [3.05, 3.63) is 144 Å². The first-order valence-electron chi connectivity index (χ1n) is 37.3. The van der Waals surface area contributed by atoms with Crippen molar-refractivity contribution in [2.45, 2.75) is 188 Å². The molecular formula is C75H99N21O12S2. The summed E-state index contributed by atoms with van der Waals surface area (Å²) in [6, 6.07) is 8.48. The highest BCUT2D eigenvalue weighted by Crippen LogP contribution is 2.32. The van der Waals surface area contributed by atoms with Gasteiger partial charge in [0.1, 0.15) is 60.0 Å². The van der Waals surface area contributed by atoms with Crippen LogP contribution in [-0.2, 0) is 89.6 Å². The van der Waals surface area contributed by atoms with E-state index < -0.39 is 142 Å². The Bertz CT molecular complexity index is 4300. The first-order chi connectivity index (χ1) is 53.2. The number of imidazole rings is 2. The quantitative estimate of drug-likeness (QED) is 0.0229. The zero-order chi connectivity index (χ0) is 78.1. The van der Waals surface area contributed by atoms with Crippen molar-refractivity contribution in [2.75, 3.05) is 31.9 Å². The predicted octanol–water partition coefficient (Wildman–Crippen LogP) is 0.0956. The molecule has 3 aliphatic rings. The van der Waals surface area contributed by atoms with Crippen molar-refractivity contribution in [3.8, 4) is 0 Å². The number of rotatable bonds is 23. The van der Waals surface area contributed by atoms with Crippen LogP contribution in [0.5, 0.6) is 0 Å². The molecule has 3 saturated heterocycles. The van der Waals surface area contributed by atoms with Gasteiger partial charge in [0.15, 0.2) is 11.7 Å². The third kappa shape index (κ3) is 22.4. The van der Waals surface area contributed by atoms with Gasteiger partial charge in [-0.2, -0.15) is 0 Å². The Morgan fingerprint density at radius 2 is 0.982 bits per heavy atom. The van der Waals surface area contributed by atoms with E-state index in [1.165, 1.54) is 36.9 Å². The van der Waals surface area contributed by atoms with Crippen molar-refractivity contribution >= 4 is 115 Å². The first kappa shape index (κ1) is 82.0. The molecule has 2 bridgehead atoms. The molecule has 0 unspecified atom stereocenters. The zero-order valence-corrected chi connectivity index (χ0v) is 62.9. The highest BCUT2D eigenvalue weighted by Gasteiger charge is 2.44. The normalized spacial score (nSPS) is 25.2. The lowest BCUT2D eigenvalue weighted by atomic mass is 9.97. The van der Waals surface area contributed by atoms with E-state index in [2.05, 4.69) is 88.4 Å². The molecule has 3 aromatic carbocycles. The average molecular weight is 1550 g/mol. The second kappa shape index (κ2) is 40.3. The number of hydrogen-bond donors (Lipinski definition) is 18. The molecule has 10 rings (SSSR count). The molecule has 0 aliphatic carbocycles. The zero-order valence-electron chi connectivity index (χ0n) is 61.2. The van der Waals surface area contributed by atoms with Crippen molar-refractivity contribution in [3.63, 3.8) is 0 Å². The lowest BCUT2D eigenvalue weighted by Crippen LogP contribution is -2.68. The number of aldehydes is 1. The van der Waals surface area contributed by atoms with Crippen molar-refractivity contribution in [1.82, 2.24) is 93.3 Å². The van der Waals surface area contributed by atoms with Gasteiger partial charge in [0.25, 0.3) is 5.91 Å². The van der Waals surface area contributed by atoms with Crippen LogP contribution in [0.25, 0.3) is 21.8 Å². The van der Waals surface area contributed by atoms with Crippen LogP contribution < -0.4 is 75.7 Å². The Balaban J connectivity index is 1.12. The molecular weight excluding hydrogens is 1450 g/mol. The lowest BCUT2D eigenvalue weighted by Gasteiger charge is -2.38. The maximum Gasteiger partial charge on any atom is 0.257 e. The number of benzene rings is 3. The van der Waals surface area contributed by atoms with Crippen LogP contribution in [0.1, 0.15) is 112 Å². The van der Waals surface area contributed by atoms with E-state index in [-0.39, 0.29) is 90.4 Å². The monoisotopic (exact) mass is 1550 g/mol. The minimum absolute atomic E-state index is 0.00921. The van der Waals surface area contributed by atoms with Gasteiger partial charge in [-0.05, 0) is 139 Å². The SMILES string of the molecule is C[C@@H]1NC(=O)[C@@H]2CSS[C@H](NC(=O)[C@H](Cc3c[nH]c4ccccc34)N[C@](C=O)(CCCCN)NC(=O)[C@H](CCCCN)NC(=O)[C@H](CCCCN)NC1=O)C(=O)N1CCCC[C@H]1C(=O)N[C@@H](Cc1c[nH]cn1)C(=O)N[C@H](Cc1ccccc1)C(=O)N[C@@H](Cc1c[nH]cn1)C(=O)N[C@@H](Cc1c[nH]c3ccccc13)C(=O)N2. The standard InChI is InChI=1S/C75H99N21O12S2/c1-44-63(98)86-54(23-9-13-27-76)64(99)87-55(24-10-14-28-77)71(106)95-75(41-97,26-12-15-29-78)94-60(33-47-37-82-53-22-8-6-20-51(47)53)69(104)93-73-74(108)96-30-16-11-25-62(96)72(107)91-59(35-49-39-80-43-84-49)68(103)88-56(31-45-17-3-2-4-18-45)65(100)90-58(34-48-38-79-42-83-48)67(102)89-57(32-46-36-81-52-21-7-5-19-50(46)52)66(101)92-61(40-109-110-73)70(105)85-44/h2-8,17-22,36-39,41-44,54-62,73,81-82,94H,9-16,23-35,40,76-78H2,1H3,(H,79,83)(H,80,84)(H,85,105)(H,86,98)(H,87,99)(H,88,103)(H,89,102)(H,90,100)(H,91,107)(H,92,101)(H,93,104)(H,95,106)/t44-,54-,55-,56+,57-,58-,59-,60-,61-,62-,73-,75+/m0/s1. The van der Waals surface area contributed by atoms with Gasteiger partial charge in [0, 0.05) is 84.6 Å². The summed E-state index contributed by atoms with van der Waals surface area (Å²) in [7, 11) is 1.59. The topological polar surface area (TPSA) is 507 Å². The van der Waals surface area contributed by atoms with Gasteiger partial charge in [0.2, 0.25) is 59.1 Å². The fourth-order valence-electron chi connectivity index (χ4n) is 13.8. The van der Waals surface area contributed by atoms with Gasteiger partial charge in [-0.15, -0.1) is 0 Å². The fraction of sp³-hybridized carbons (Fsp3) is 0.467. The van der Waals surface area contributed by atoms with Gasteiger partial charge in [-0.1, -0.05) is 88.3 Å². The largest absolute Gasteiger partial charge is 0.361 e. The summed E-state index contributed by atoms with van der Waals surface area (Å²) >= 11 is 0. The number of nitrogens with zero attached hydrogens (tertiary/aromatic N) is 3. The van der Waals surface area contributed by atoms with Gasteiger partial charge in [0.05, 0.1) is 30.1 Å². The number of aromatic nitrogens is 6. The minimum Gasteiger partial charge on any atom is -0.361 e. The Kier molecular flexibility index (Phi) is 30.1. The third-order valence-corrected chi connectivity index (χ3v) is 22.3. The summed E-state index contributed by atoms with van der Waals surface area (Å²) in [6.07, 6.45) is 11.3. The molecule has 588 valence electrons. The molecule has 110 heavy (non-hydrogen) atoms. The van der Waals surface area contributed by atoms with E-state index in [9.17, 15) is 14.4 Å². The van der Waals surface area contributed by atoms with Crippen LogP contribution in [0.2, 0.25) is 0 Å². The first-order valence-corrected chi connectivity index (χ1v) is 39.7. The molecule has 21 N–H and O–H groups in total. The maximum atomic E-state index is 16.1. The molecule has 0 spiro atoms. The van der Waals surface area contributed by atoms with Crippen LogP contribution in [-0.4, -0.2) is 209 Å². The minimum atomic E-state index is -2.11. The number of amides is 11. The summed E-state index contributed by atoms with van der Waals surface area (Å²) < 4.78 is 0. The van der Waals surface area contributed by atoms with E-state index in [0.29, 0.717) is 101 Å². The molecule has 4 aromatic heterocycles. The number of para-hydroxylation sites is 2. The van der Waals surface area contributed by atoms with E-state index in [1.807, 2.05) is 36.4 Å². The summed E-state index contributed by atoms with van der Waals surface area (Å²) in [5.41, 5.74) is 19.5. The van der Waals surface area contributed by atoms with E-state index in [0.717, 1.165) is 21.6 Å². The predicted molar refractivity (Wildman–Crippen MR) is 414 cm³/mol. The number of H-pyrrole nitrogens is 4. The van der Waals surface area contributed by atoms with Crippen LogP contribution >= 0.6 is 21.6 Å². The number of aromatic amines is 4. The average Bonchev–Trinajstić information content (AvgIpc) is 1.36. The van der Waals surface area contributed by atoms with Crippen LogP contribution in [0.4, 0.5) is 0 Å². The number of unbranched alkanes of at least 4 members (excludes halogenated alkanes) is 3. The van der Waals surface area contributed by atoms with E-state index in [4.69, 9.17) is 17.2 Å². The molecule has 0 radical (unpaired) electrons. The Morgan fingerprint density at radius 3 is 1.55 bits per heavy atom. The molecule has 7 aromatic rings. The highest BCUT2D eigenvalue weighted by atomic mass is 33.1. The Morgan fingerprint density at radius 1 is 0.491 bits per heavy atom. The molecule has 0 saturated carbocycles. The number of carbonyl (C=O) groups is 12. The maximum absolute atomic E-state index is 16.1. The third-order valence-electron chi connectivity index (χ3n) is 19.8.